The summed E-state index contributed by atoms with van der Waals surface area (Å²) >= 11 is 0. The van der Waals surface area contributed by atoms with E-state index in [2.05, 4.69) is 170 Å². The SMILES string of the molecule is CC1(C)c2c(ccc3oc4ccccc4c23)-c2ccc3c(c21)c1ccccc1n3-c1ccc(C2=CC=C3c4ccccc4C4=CC=CC2C43)cc1. The van der Waals surface area contributed by atoms with Gasteiger partial charge >= 0.3 is 0 Å². The van der Waals surface area contributed by atoms with E-state index in [9.17, 15) is 0 Å². The maximum absolute atomic E-state index is 6.38. The molecule has 0 amide bonds. The number of rotatable bonds is 2. The van der Waals surface area contributed by atoms with Crippen LogP contribution in [0.5, 0.6) is 0 Å². The Kier molecular flexibility index (Phi) is 5.19. The van der Waals surface area contributed by atoms with Crippen LogP contribution in [0.4, 0.5) is 0 Å². The van der Waals surface area contributed by atoms with Gasteiger partial charge in [-0.25, -0.2) is 0 Å². The van der Waals surface area contributed by atoms with Crippen molar-refractivity contribution in [3.63, 3.8) is 0 Å². The van der Waals surface area contributed by atoms with Gasteiger partial charge in [0.15, 0.2) is 0 Å². The summed E-state index contributed by atoms with van der Waals surface area (Å²) in [4.78, 5) is 0. The number of hydrogen-bond donors (Lipinski definition) is 0. The summed E-state index contributed by atoms with van der Waals surface area (Å²) in [6.45, 7) is 4.81. The van der Waals surface area contributed by atoms with E-state index in [0.717, 1.165) is 11.2 Å². The standard InChI is InChI=1S/C49H33NO/c1-49(2)47-36(37-25-27-43-46(48(37)49)39-13-6-8-17-42(39)51-43)24-26-41-45(47)38-12-5-7-16-40(38)50(41)29-20-18-28(19-21-29)30-22-23-35-32-11-4-3-10-31(32)34-15-9-14-33(30)44(34)35/h3-27,33,44H,1-2H3. The lowest BCUT2D eigenvalue weighted by molar-refractivity contribution is 0.660. The molecule has 0 spiro atoms. The molecule has 4 aliphatic rings. The maximum atomic E-state index is 6.38. The van der Waals surface area contributed by atoms with Crippen molar-refractivity contribution in [1.82, 2.24) is 4.57 Å². The Labute approximate surface area is 296 Å². The molecule has 240 valence electrons. The highest BCUT2D eigenvalue weighted by Gasteiger charge is 2.42. The average molecular weight is 652 g/mol. The second-order valence-corrected chi connectivity index (χ2v) is 15.2. The third-order valence-corrected chi connectivity index (χ3v) is 12.4. The maximum Gasteiger partial charge on any atom is 0.135 e. The summed E-state index contributed by atoms with van der Waals surface area (Å²) in [6, 6.07) is 44.8. The predicted octanol–water partition coefficient (Wildman–Crippen LogP) is 12.7. The molecule has 8 aromatic rings. The van der Waals surface area contributed by atoms with Gasteiger partial charge in [-0.15, -0.1) is 0 Å². The lowest BCUT2D eigenvalue weighted by atomic mass is 9.72. The third kappa shape index (κ3) is 3.43. The zero-order chi connectivity index (χ0) is 33.6. The minimum atomic E-state index is -0.227. The van der Waals surface area contributed by atoms with Crippen LogP contribution in [0.25, 0.3) is 77.3 Å². The van der Waals surface area contributed by atoms with E-state index >= 15 is 0 Å². The van der Waals surface area contributed by atoms with Crippen molar-refractivity contribution in [2.24, 2.45) is 11.8 Å². The molecule has 0 fully saturated rings. The molecule has 0 saturated heterocycles. The van der Waals surface area contributed by atoms with Crippen LogP contribution >= 0.6 is 0 Å². The van der Waals surface area contributed by atoms with E-state index in [1.165, 1.54) is 93.9 Å². The van der Waals surface area contributed by atoms with Gasteiger partial charge in [-0.05, 0) is 92.1 Å². The molecule has 0 bridgehead atoms. The molecular weight excluding hydrogens is 619 g/mol. The second kappa shape index (κ2) is 9.56. The highest BCUT2D eigenvalue weighted by Crippen LogP contribution is 2.57. The molecule has 2 heterocycles. The Morgan fingerprint density at radius 2 is 1.20 bits per heavy atom. The molecule has 2 aromatic heterocycles. The number of hydrogen-bond acceptors (Lipinski definition) is 1. The molecule has 0 N–H and O–H groups in total. The van der Waals surface area contributed by atoms with Crippen LogP contribution < -0.4 is 0 Å². The normalized spacial score (nSPS) is 19.2. The van der Waals surface area contributed by atoms with Crippen molar-refractivity contribution >= 4 is 60.5 Å². The second-order valence-electron chi connectivity index (χ2n) is 15.2. The molecule has 2 unspecified atom stereocenters. The van der Waals surface area contributed by atoms with Crippen molar-refractivity contribution in [2.45, 2.75) is 19.3 Å². The minimum Gasteiger partial charge on any atom is -0.456 e. The Bertz CT molecular complexity index is 2990. The number of para-hydroxylation sites is 2. The number of aromatic nitrogens is 1. The van der Waals surface area contributed by atoms with Crippen LogP contribution in [0.2, 0.25) is 0 Å². The Morgan fingerprint density at radius 3 is 2.02 bits per heavy atom. The van der Waals surface area contributed by atoms with Crippen molar-refractivity contribution in [3.8, 4) is 16.8 Å². The molecule has 0 radical (unpaired) electrons. The van der Waals surface area contributed by atoms with Gasteiger partial charge in [-0.1, -0.05) is 129 Å². The van der Waals surface area contributed by atoms with Crippen molar-refractivity contribution in [1.29, 1.82) is 0 Å². The smallest absolute Gasteiger partial charge is 0.135 e. The average Bonchev–Trinajstić information content (AvgIpc) is 3.88. The first-order valence-corrected chi connectivity index (χ1v) is 18.1. The summed E-state index contributed by atoms with van der Waals surface area (Å²) in [5.41, 5.74) is 19.1. The van der Waals surface area contributed by atoms with Crippen LogP contribution in [-0.4, -0.2) is 4.57 Å². The Balaban J connectivity index is 1.02. The Hall–Kier alpha value is -6.12. The molecule has 2 atom stereocenters. The van der Waals surface area contributed by atoms with Gasteiger partial charge in [0.05, 0.1) is 11.0 Å². The number of benzene rings is 6. The topological polar surface area (TPSA) is 18.1 Å². The molecule has 2 heteroatoms. The number of furan rings is 1. The van der Waals surface area contributed by atoms with Gasteiger partial charge in [0.2, 0.25) is 0 Å². The first-order valence-electron chi connectivity index (χ1n) is 18.1. The number of fused-ring (bicyclic) bond motifs is 14. The predicted molar refractivity (Wildman–Crippen MR) is 212 cm³/mol. The lowest BCUT2D eigenvalue weighted by Gasteiger charge is -2.31. The number of allylic oxidation sites excluding steroid dienone is 8. The van der Waals surface area contributed by atoms with Crippen molar-refractivity contribution in [3.05, 3.63) is 180 Å². The molecule has 6 aromatic carbocycles. The fourth-order valence-electron chi connectivity index (χ4n) is 10.3. The molecule has 51 heavy (non-hydrogen) atoms. The van der Waals surface area contributed by atoms with E-state index in [1.54, 1.807) is 0 Å². The molecule has 0 saturated carbocycles. The van der Waals surface area contributed by atoms with Crippen molar-refractivity contribution in [2.75, 3.05) is 0 Å². The summed E-state index contributed by atoms with van der Waals surface area (Å²) in [6.07, 6.45) is 11.7. The molecule has 2 nitrogen and oxygen atoms in total. The van der Waals surface area contributed by atoms with Crippen LogP contribution in [-0.2, 0) is 5.41 Å². The van der Waals surface area contributed by atoms with E-state index in [-0.39, 0.29) is 5.41 Å². The van der Waals surface area contributed by atoms with E-state index in [4.69, 9.17) is 4.42 Å². The van der Waals surface area contributed by atoms with Crippen LogP contribution in [0.15, 0.2) is 156 Å². The van der Waals surface area contributed by atoms with E-state index in [1.807, 2.05) is 0 Å². The van der Waals surface area contributed by atoms with Gasteiger partial charge in [0, 0.05) is 44.5 Å². The fourth-order valence-corrected chi connectivity index (χ4v) is 10.3. The third-order valence-electron chi connectivity index (χ3n) is 12.4. The zero-order valence-electron chi connectivity index (χ0n) is 28.4. The molecular formula is C49H33NO. The van der Waals surface area contributed by atoms with Crippen molar-refractivity contribution < 1.29 is 4.42 Å². The highest BCUT2D eigenvalue weighted by molar-refractivity contribution is 6.17. The van der Waals surface area contributed by atoms with Gasteiger partial charge < -0.3 is 8.98 Å². The monoisotopic (exact) mass is 651 g/mol. The van der Waals surface area contributed by atoms with E-state index in [0.29, 0.717) is 11.8 Å². The summed E-state index contributed by atoms with van der Waals surface area (Å²) in [5.74, 6) is 0.724. The van der Waals surface area contributed by atoms with Gasteiger partial charge in [0.25, 0.3) is 0 Å². The summed E-state index contributed by atoms with van der Waals surface area (Å²) in [7, 11) is 0. The fraction of sp³-hybridized carbons (Fsp3) is 0.102. The van der Waals surface area contributed by atoms with Crippen LogP contribution in [0, 0.1) is 11.8 Å². The van der Waals surface area contributed by atoms with Gasteiger partial charge in [-0.2, -0.15) is 0 Å². The minimum absolute atomic E-state index is 0.227. The van der Waals surface area contributed by atoms with Crippen LogP contribution in [0.1, 0.15) is 41.7 Å². The highest BCUT2D eigenvalue weighted by atomic mass is 16.3. The van der Waals surface area contributed by atoms with E-state index < -0.39 is 0 Å². The largest absolute Gasteiger partial charge is 0.456 e. The summed E-state index contributed by atoms with van der Waals surface area (Å²) in [5, 5.41) is 5.07. The first-order chi connectivity index (χ1) is 25.1. The molecule has 12 rings (SSSR count). The Morgan fingerprint density at radius 1 is 0.529 bits per heavy atom. The van der Waals surface area contributed by atoms with Gasteiger partial charge in [-0.3, -0.25) is 0 Å². The zero-order valence-corrected chi connectivity index (χ0v) is 28.4. The lowest BCUT2D eigenvalue weighted by Crippen LogP contribution is -2.18. The van der Waals surface area contributed by atoms with Crippen LogP contribution in [0.3, 0.4) is 0 Å². The molecule has 4 aliphatic carbocycles. The molecule has 0 aliphatic heterocycles. The first kappa shape index (κ1) is 27.7. The quantitative estimate of drug-likeness (QED) is 0.182. The number of nitrogens with zero attached hydrogens (tertiary/aromatic N) is 1. The summed E-state index contributed by atoms with van der Waals surface area (Å²) < 4.78 is 8.85. The van der Waals surface area contributed by atoms with Gasteiger partial charge in [0.1, 0.15) is 11.2 Å².